The van der Waals surface area contributed by atoms with Gasteiger partial charge in [-0.2, -0.15) is 0 Å². The zero-order valence-corrected chi connectivity index (χ0v) is 10.5. The molecule has 0 atom stereocenters. The number of benzene rings is 1. The molecule has 4 heteroatoms. The van der Waals surface area contributed by atoms with Gasteiger partial charge in [-0.05, 0) is 24.8 Å². The van der Waals surface area contributed by atoms with Crippen molar-refractivity contribution in [3.63, 3.8) is 0 Å². The van der Waals surface area contributed by atoms with Crippen molar-refractivity contribution in [3.05, 3.63) is 35.4 Å². The van der Waals surface area contributed by atoms with Crippen LogP contribution in [0.2, 0.25) is 0 Å². The Hall–Kier alpha value is 0.0500. The lowest BCUT2D eigenvalue weighted by Crippen LogP contribution is -2.00. The quantitative estimate of drug-likeness (QED) is 0.649. The highest BCUT2D eigenvalue weighted by atomic mass is 35.6. The summed E-state index contributed by atoms with van der Waals surface area (Å²) in [5.74, 6) is 0. The zero-order chi connectivity index (χ0) is 11.3. The summed E-state index contributed by atoms with van der Waals surface area (Å²) in [6.45, 7) is 0.226. The predicted molar refractivity (Wildman–Crippen MR) is 65.7 cm³/mol. The third kappa shape index (κ3) is 4.60. The molecular formula is C11H13Cl3O. The summed E-state index contributed by atoms with van der Waals surface area (Å²) in [5.41, 5.74) is 1.82. The van der Waals surface area contributed by atoms with Gasteiger partial charge in [0.05, 0.1) is 0 Å². The lowest BCUT2D eigenvalue weighted by Gasteiger charge is -2.12. The molecule has 1 aromatic rings. The normalized spacial score (nSPS) is 11.7. The highest BCUT2D eigenvalue weighted by Gasteiger charge is 2.22. The number of aliphatic hydroxyl groups is 1. The van der Waals surface area contributed by atoms with E-state index in [1.54, 1.807) is 6.07 Å². The second kappa shape index (κ2) is 5.95. The maximum Gasteiger partial charge on any atom is 0.216 e. The van der Waals surface area contributed by atoms with Crippen LogP contribution in [0.4, 0.5) is 0 Å². The Bertz CT molecular complexity index is 307. The van der Waals surface area contributed by atoms with Crippen molar-refractivity contribution in [2.24, 2.45) is 0 Å². The Labute approximate surface area is 105 Å². The van der Waals surface area contributed by atoms with Gasteiger partial charge >= 0.3 is 0 Å². The number of rotatable bonds is 4. The molecule has 0 radical (unpaired) electrons. The van der Waals surface area contributed by atoms with Gasteiger partial charge in [-0.3, -0.25) is 0 Å². The van der Waals surface area contributed by atoms with Crippen LogP contribution in [-0.4, -0.2) is 11.7 Å². The molecule has 84 valence electrons. The van der Waals surface area contributed by atoms with Crippen molar-refractivity contribution in [2.75, 3.05) is 6.61 Å². The van der Waals surface area contributed by atoms with E-state index in [9.17, 15) is 0 Å². The summed E-state index contributed by atoms with van der Waals surface area (Å²) in [7, 11) is 0. The van der Waals surface area contributed by atoms with Crippen molar-refractivity contribution < 1.29 is 5.11 Å². The van der Waals surface area contributed by atoms with Crippen LogP contribution >= 0.6 is 34.8 Å². The molecule has 0 aromatic heterocycles. The summed E-state index contributed by atoms with van der Waals surface area (Å²) in [5, 5.41) is 8.66. The Balaban J connectivity index is 2.66. The van der Waals surface area contributed by atoms with Crippen molar-refractivity contribution in [3.8, 4) is 0 Å². The number of aryl methyl sites for hydroxylation is 1. The van der Waals surface area contributed by atoms with E-state index >= 15 is 0 Å². The number of alkyl halides is 3. The van der Waals surface area contributed by atoms with Gasteiger partial charge in [0.2, 0.25) is 3.79 Å². The predicted octanol–water partition coefficient (Wildman–Crippen LogP) is 3.83. The second-order valence-corrected chi connectivity index (χ2v) is 5.66. The maximum atomic E-state index is 8.66. The van der Waals surface area contributed by atoms with Crippen LogP contribution in [0, 0.1) is 0 Å². The highest BCUT2D eigenvalue weighted by Crippen LogP contribution is 2.38. The van der Waals surface area contributed by atoms with Crippen molar-refractivity contribution in [2.45, 2.75) is 23.1 Å². The van der Waals surface area contributed by atoms with E-state index in [0.29, 0.717) is 5.56 Å². The molecule has 0 amide bonds. The minimum atomic E-state index is -1.35. The van der Waals surface area contributed by atoms with Crippen LogP contribution in [0.15, 0.2) is 24.3 Å². The summed E-state index contributed by atoms with van der Waals surface area (Å²) < 4.78 is -1.35. The molecule has 0 saturated heterocycles. The lowest BCUT2D eigenvalue weighted by atomic mass is 10.1. The molecular weight excluding hydrogens is 254 g/mol. The molecule has 0 spiro atoms. The van der Waals surface area contributed by atoms with E-state index in [4.69, 9.17) is 39.9 Å². The van der Waals surface area contributed by atoms with Gasteiger partial charge < -0.3 is 5.11 Å². The number of hydrogen-bond acceptors (Lipinski definition) is 1. The Kier molecular flexibility index (Phi) is 5.20. The van der Waals surface area contributed by atoms with E-state index in [2.05, 4.69) is 0 Å². The van der Waals surface area contributed by atoms with E-state index in [-0.39, 0.29) is 6.61 Å². The van der Waals surface area contributed by atoms with Crippen LogP contribution in [0.3, 0.4) is 0 Å². The molecule has 0 aliphatic heterocycles. The summed E-state index contributed by atoms with van der Waals surface area (Å²) >= 11 is 17.3. The topological polar surface area (TPSA) is 20.2 Å². The molecule has 15 heavy (non-hydrogen) atoms. The first-order valence-electron chi connectivity index (χ1n) is 4.81. The molecule has 0 fully saturated rings. The summed E-state index contributed by atoms with van der Waals surface area (Å²) in [6, 6.07) is 7.57. The summed E-state index contributed by atoms with van der Waals surface area (Å²) in [6.07, 6.45) is 2.65. The molecule has 1 aromatic carbocycles. The minimum Gasteiger partial charge on any atom is -0.396 e. The second-order valence-electron chi connectivity index (χ2n) is 3.38. The van der Waals surface area contributed by atoms with E-state index in [0.717, 1.165) is 24.8 Å². The van der Waals surface area contributed by atoms with Crippen LogP contribution < -0.4 is 0 Å². The Morgan fingerprint density at radius 3 is 2.47 bits per heavy atom. The minimum absolute atomic E-state index is 0.226. The lowest BCUT2D eigenvalue weighted by molar-refractivity contribution is 0.284. The van der Waals surface area contributed by atoms with Crippen molar-refractivity contribution in [1.82, 2.24) is 0 Å². The third-order valence-electron chi connectivity index (χ3n) is 2.13. The van der Waals surface area contributed by atoms with Gasteiger partial charge in [-0.15, -0.1) is 0 Å². The van der Waals surface area contributed by atoms with E-state index < -0.39 is 3.79 Å². The maximum absolute atomic E-state index is 8.66. The van der Waals surface area contributed by atoms with Gasteiger partial charge in [0.25, 0.3) is 0 Å². The standard InChI is InChI=1S/C11H13Cl3O/c12-11(13,14)10-6-3-5-9(8-10)4-1-2-7-15/h3,5-6,8,15H,1-2,4,7H2. The fraction of sp³-hybridized carbons (Fsp3) is 0.455. The first-order chi connectivity index (χ1) is 7.04. The van der Waals surface area contributed by atoms with Crippen LogP contribution in [0.1, 0.15) is 24.0 Å². The fourth-order valence-electron chi connectivity index (χ4n) is 1.34. The smallest absolute Gasteiger partial charge is 0.216 e. The van der Waals surface area contributed by atoms with Gasteiger partial charge in [0.15, 0.2) is 0 Å². The van der Waals surface area contributed by atoms with E-state index in [1.165, 1.54) is 0 Å². The van der Waals surface area contributed by atoms with Gasteiger partial charge in [0.1, 0.15) is 0 Å². The van der Waals surface area contributed by atoms with Crippen LogP contribution in [0.25, 0.3) is 0 Å². The van der Waals surface area contributed by atoms with E-state index in [1.807, 2.05) is 18.2 Å². The molecule has 0 saturated carbocycles. The summed E-state index contributed by atoms with van der Waals surface area (Å²) in [4.78, 5) is 0. The first-order valence-corrected chi connectivity index (χ1v) is 5.94. The van der Waals surface area contributed by atoms with Crippen molar-refractivity contribution in [1.29, 1.82) is 0 Å². The monoisotopic (exact) mass is 266 g/mol. The number of unbranched alkanes of at least 4 members (excludes halogenated alkanes) is 1. The molecule has 1 rings (SSSR count). The Morgan fingerprint density at radius 1 is 1.13 bits per heavy atom. The first kappa shape index (κ1) is 13.1. The molecule has 0 bridgehead atoms. The van der Waals surface area contributed by atoms with Crippen LogP contribution in [-0.2, 0) is 10.2 Å². The molecule has 0 heterocycles. The average molecular weight is 268 g/mol. The molecule has 0 unspecified atom stereocenters. The Morgan fingerprint density at radius 2 is 1.87 bits per heavy atom. The largest absolute Gasteiger partial charge is 0.396 e. The zero-order valence-electron chi connectivity index (χ0n) is 8.22. The number of hydrogen-bond donors (Lipinski definition) is 1. The van der Waals surface area contributed by atoms with Gasteiger partial charge in [-0.25, -0.2) is 0 Å². The van der Waals surface area contributed by atoms with Gasteiger partial charge in [0, 0.05) is 12.2 Å². The average Bonchev–Trinajstić information content (AvgIpc) is 2.17. The molecule has 0 aliphatic rings. The molecule has 1 N–H and O–H groups in total. The van der Waals surface area contributed by atoms with Crippen LogP contribution in [0.5, 0.6) is 0 Å². The molecule has 1 nitrogen and oxygen atoms in total. The van der Waals surface area contributed by atoms with Gasteiger partial charge in [-0.1, -0.05) is 59.1 Å². The fourth-order valence-corrected chi connectivity index (χ4v) is 1.70. The SMILES string of the molecule is OCCCCc1cccc(C(Cl)(Cl)Cl)c1. The number of halogens is 3. The third-order valence-corrected chi connectivity index (χ3v) is 2.78. The number of aliphatic hydroxyl groups excluding tert-OH is 1. The van der Waals surface area contributed by atoms with Crippen molar-refractivity contribution >= 4 is 34.8 Å². The molecule has 0 aliphatic carbocycles. The highest BCUT2D eigenvalue weighted by molar-refractivity contribution is 6.66.